The lowest BCUT2D eigenvalue weighted by Gasteiger charge is -2.13. The van der Waals surface area contributed by atoms with Crippen LogP contribution in [0.5, 0.6) is 0 Å². The van der Waals surface area contributed by atoms with Gasteiger partial charge in [-0.05, 0) is 43.2 Å². The minimum Gasteiger partial charge on any atom is -0.274 e. The Bertz CT molecular complexity index is 925. The van der Waals surface area contributed by atoms with Crippen LogP contribution < -0.4 is 0 Å². The number of carbonyl (C=O) groups is 2. The van der Waals surface area contributed by atoms with Gasteiger partial charge in [0.2, 0.25) is 0 Å². The quantitative estimate of drug-likeness (QED) is 0.691. The number of rotatable bonds is 4. The first kappa shape index (κ1) is 15.3. The Morgan fingerprint density at radius 1 is 0.880 bits per heavy atom. The van der Waals surface area contributed by atoms with Gasteiger partial charge in [0.05, 0.1) is 23.0 Å². The van der Waals surface area contributed by atoms with Crippen molar-refractivity contribution in [3.05, 3.63) is 83.2 Å². The van der Waals surface area contributed by atoms with E-state index in [0.717, 1.165) is 16.9 Å². The Balaban J connectivity index is 1.53. The van der Waals surface area contributed by atoms with Crippen LogP contribution in [-0.2, 0) is 6.42 Å². The van der Waals surface area contributed by atoms with Crippen molar-refractivity contribution in [2.45, 2.75) is 13.3 Å². The fraction of sp³-hybridized carbons (Fsp3) is 0.150. The van der Waals surface area contributed by atoms with Crippen molar-refractivity contribution in [2.24, 2.45) is 0 Å². The van der Waals surface area contributed by atoms with Gasteiger partial charge in [-0.1, -0.05) is 30.3 Å². The number of amides is 2. The summed E-state index contributed by atoms with van der Waals surface area (Å²) in [4.78, 5) is 26.2. The molecular formula is C20H17N3O2. The largest absolute Gasteiger partial charge is 0.274 e. The SMILES string of the molecule is Cc1c(CCN2C(=O)c3ccccc3C2=O)cnn1-c1ccccc1. The molecule has 0 saturated carbocycles. The topological polar surface area (TPSA) is 55.2 Å². The van der Waals surface area contributed by atoms with Gasteiger partial charge in [-0.3, -0.25) is 14.5 Å². The van der Waals surface area contributed by atoms with Crippen molar-refractivity contribution >= 4 is 11.8 Å². The second kappa shape index (κ2) is 6.02. The highest BCUT2D eigenvalue weighted by molar-refractivity contribution is 6.21. The van der Waals surface area contributed by atoms with Gasteiger partial charge < -0.3 is 0 Å². The standard InChI is InChI=1S/C20H17N3O2/c1-14-15(13-21-23(14)16-7-3-2-4-8-16)11-12-22-19(24)17-9-5-6-10-18(17)20(22)25/h2-10,13H,11-12H2,1H3. The van der Waals surface area contributed by atoms with Gasteiger partial charge in [-0.15, -0.1) is 0 Å². The van der Waals surface area contributed by atoms with E-state index in [1.165, 1.54) is 4.90 Å². The van der Waals surface area contributed by atoms with Crippen molar-refractivity contribution in [2.75, 3.05) is 6.54 Å². The fourth-order valence-corrected chi connectivity index (χ4v) is 3.19. The summed E-state index contributed by atoms with van der Waals surface area (Å²) < 4.78 is 1.87. The van der Waals surface area contributed by atoms with Crippen LogP contribution in [0.4, 0.5) is 0 Å². The maximum Gasteiger partial charge on any atom is 0.261 e. The van der Waals surface area contributed by atoms with Gasteiger partial charge in [0, 0.05) is 12.2 Å². The molecule has 0 spiro atoms. The Morgan fingerprint density at radius 2 is 1.48 bits per heavy atom. The van der Waals surface area contributed by atoms with Crippen LogP contribution >= 0.6 is 0 Å². The van der Waals surface area contributed by atoms with Gasteiger partial charge >= 0.3 is 0 Å². The van der Waals surface area contributed by atoms with Crippen LogP contribution in [-0.4, -0.2) is 33.0 Å². The third kappa shape index (κ3) is 2.54. The molecule has 5 nitrogen and oxygen atoms in total. The van der Waals surface area contributed by atoms with E-state index < -0.39 is 0 Å². The molecule has 3 aromatic rings. The van der Waals surface area contributed by atoms with Crippen molar-refractivity contribution in [3.63, 3.8) is 0 Å². The van der Waals surface area contributed by atoms with E-state index in [4.69, 9.17) is 0 Å². The number of nitrogens with zero attached hydrogens (tertiary/aromatic N) is 3. The Kier molecular flexibility index (Phi) is 3.69. The summed E-state index contributed by atoms with van der Waals surface area (Å²) in [6.45, 7) is 2.35. The fourth-order valence-electron chi connectivity index (χ4n) is 3.19. The van der Waals surface area contributed by atoms with Crippen LogP contribution in [0, 0.1) is 6.92 Å². The molecule has 0 atom stereocenters. The van der Waals surface area contributed by atoms with Crippen LogP contribution in [0.25, 0.3) is 5.69 Å². The van der Waals surface area contributed by atoms with E-state index in [9.17, 15) is 9.59 Å². The zero-order valence-corrected chi connectivity index (χ0v) is 13.8. The van der Waals surface area contributed by atoms with Gasteiger partial charge in [0.1, 0.15) is 0 Å². The average Bonchev–Trinajstić information content (AvgIpc) is 3.13. The number of imide groups is 1. The minimum absolute atomic E-state index is 0.214. The van der Waals surface area contributed by atoms with Crippen molar-refractivity contribution in [1.82, 2.24) is 14.7 Å². The molecule has 1 aromatic heterocycles. The van der Waals surface area contributed by atoms with E-state index >= 15 is 0 Å². The first-order valence-corrected chi connectivity index (χ1v) is 8.21. The van der Waals surface area contributed by atoms with Crippen LogP contribution in [0.3, 0.4) is 0 Å². The Hall–Kier alpha value is -3.21. The third-order valence-electron chi connectivity index (χ3n) is 4.60. The number of carbonyl (C=O) groups excluding carboxylic acids is 2. The van der Waals surface area contributed by atoms with E-state index in [1.807, 2.05) is 41.9 Å². The molecule has 2 aromatic carbocycles. The molecule has 2 heterocycles. The third-order valence-corrected chi connectivity index (χ3v) is 4.60. The normalized spacial score (nSPS) is 13.4. The predicted molar refractivity (Wildman–Crippen MR) is 93.8 cm³/mol. The molecule has 0 aliphatic carbocycles. The van der Waals surface area contributed by atoms with Crippen molar-refractivity contribution < 1.29 is 9.59 Å². The smallest absolute Gasteiger partial charge is 0.261 e. The summed E-state index contributed by atoms with van der Waals surface area (Å²) in [5, 5.41) is 4.44. The molecule has 4 rings (SSSR count). The van der Waals surface area contributed by atoms with Gasteiger partial charge in [0.25, 0.3) is 11.8 Å². The van der Waals surface area contributed by atoms with E-state index in [2.05, 4.69) is 5.10 Å². The molecule has 0 bridgehead atoms. The molecule has 5 heteroatoms. The summed E-state index contributed by atoms with van der Waals surface area (Å²) in [5.74, 6) is -0.428. The Labute approximate surface area is 145 Å². The lowest BCUT2D eigenvalue weighted by atomic mass is 10.1. The highest BCUT2D eigenvalue weighted by Gasteiger charge is 2.34. The molecule has 124 valence electrons. The highest BCUT2D eigenvalue weighted by atomic mass is 16.2. The number of benzene rings is 2. The highest BCUT2D eigenvalue weighted by Crippen LogP contribution is 2.23. The summed E-state index contributed by atoms with van der Waals surface area (Å²) in [7, 11) is 0. The van der Waals surface area contributed by atoms with Crippen molar-refractivity contribution in [3.8, 4) is 5.69 Å². The molecule has 0 fully saturated rings. The molecule has 0 saturated heterocycles. The van der Waals surface area contributed by atoms with Gasteiger partial charge in [-0.25, -0.2) is 4.68 Å². The second-order valence-electron chi connectivity index (χ2n) is 6.06. The van der Waals surface area contributed by atoms with Crippen molar-refractivity contribution in [1.29, 1.82) is 0 Å². The summed E-state index contributed by atoms with van der Waals surface area (Å²) >= 11 is 0. The zero-order valence-electron chi connectivity index (χ0n) is 13.8. The molecule has 0 unspecified atom stereocenters. The van der Waals surface area contributed by atoms with E-state index in [0.29, 0.717) is 24.1 Å². The molecule has 25 heavy (non-hydrogen) atoms. The van der Waals surface area contributed by atoms with Gasteiger partial charge in [0.15, 0.2) is 0 Å². The Morgan fingerprint density at radius 3 is 2.12 bits per heavy atom. The molecule has 1 aliphatic rings. The van der Waals surface area contributed by atoms with Crippen LogP contribution in [0.2, 0.25) is 0 Å². The lowest BCUT2D eigenvalue weighted by molar-refractivity contribution is 0.0656. The number of hydrogen-bond acceptors (Lipinski definition) is 3. The first-order chi connectivity index (χ1) is 12.2. The molecule has 1 aliphatic heterocycles. The second-order valence-corrected chi connectivity index (χ2v) is 6.06. The maximum atomic E-state index is 12.4. The number of para-hydroxylation sites is 1. The van der Waals surface area contributed by atoms with E-state index in [-0.39, 0.29) is 11.8 Å². The number of fused-ring (bicyclic) bond motifs is 1. The molecular weight excluding hydrogens is 314 g/mol. The number of hydrogen-bond donors (Lipinski definition) is 0. The predicted octanol–water partition coefficient (Wildman–Crippen LogP) is 3.02. The average molecular weight is 331 g/mol. The first-order valence-electron chi connectivity index (χ1n) is 8.21. The summed E-state index contributed by atoms with van der Waals surface area (Å²) in [6.07, 6.45) is 2.39. The van der Waals surface area contributed by atoms with E-state index in [1.54, 1.807) is 30.5 Å². The molecule has 2 amide bonds. The number of aromatic nitrogens is 2. The monoisotopic (exact) mass is 331 g/mol. The summed E-state index contributed by atoms with van der Waals surface area (Å²) in [6, 6.07) is 16.9. The van der Waals surface area contributed by atoms with Crippen LogP contribution in [0.1, 0.15) is 32.0 Å². The lowest BCUT2D eigenvalue weighted by Crippen LogP contribution is -2.31. The van der Waals surface area contributed by atoms with Gasteiger partial charge in [-0.2, -0.15) is 5.10 Å². The minimum atomic E-state index is -0.214. The summed E-state index contributed by atoms with van der Waals surface area (Å²) in [5.41, 5.74) is 4.02. The van der Waals surface area contributed by atoms with Crippen LogP contribution in [0.15, 0.2) is 60.8 Å². The molecule has 0 radical (unpaired) electrons. The molecule has 0 N–H and O–H groups in total. The zero-order chi connectivity index (χ0) is 17.4. The maximum absolute atomic E-state index is 12.4.